The molecule has 3 N–H and O–H groups in total. The fourth-order valence-electron chi connectivity index (χ4n) is 1.57. The minimum Gasteiger partial charge on any atom is -0.351 e. The minimum absolute atomic E-state index is 0.0216. The summed E-state index contributed by atoms with van der Waals surface area (Å²) in [5.74, 6) is 5.79. The molecule has 0 aliphatic carbocycles. The van der Waals surface area contributed by atoms with Gasteiger partial charge in [-0.2, -0.15) is 0 Å². The second-order valence-corrected chi connectivity index (χ2v) is 4.96. The number of nitrogens with one attached hydrogen (secondary N) is 1. The molecule has 0 saturated carbocycles. The van der Waals surface area contributed by atoms with Gasteiger partial charge in [0.05, 0.1) is 25.8 Å². The average molecular weight is 289 g/mol. The second-order valence-electron chi connectivity index (χ2n) is 3.96. The van der Waals surface area contributed by atoms with Crippen molar-refractivity contribution in [2.45, 2.75) is 19.5 Å². The summed E-state index contributed by atoms with van der Waals surface area (Å²) in [7, 11) is 0. The monoisotopic (exact) mass is 289 g/mol. The quantitative estimate of drug-likeness (QED) is 0.778. The van der Waals surface area contributed by atoms with E-state index in [0.29, 0.717) is 26.1 Å². The van der Waals surface area contributed by atoms with Crippen molar-refractivity contribution in [2.24, 2.45) is 5.73 Å². The van der Waals surface area contributed by atoms with E-state index in [0.717, 1.165) is 10.4 Å². The zero-order chi connectivity index (χ0) is 14.2. The maximum atomic E-state index is 11.7. The van der Waals surface area contributed by atoms with Crippen molar-refractivity contribution in [3.63, 3.8) is 0 Å². The Kier molecular flexibility index (Phi) is 5.29. The number of nitrogens with zero attached hydrogens (tertiary/aromatic N) is 3. The van der Waals surface area contributed by atoms with E-state index in [1.54, 1.807) is 28.4 Å². The van der Waals surface area contributed by atoms with Crippen LogP contribution in [0, 0.1) is 11.8 Å². The van der Waals surface area contributed by atoms with Crippen LogP contribution >= 0.6 is 11.3 Å². The molecule has 1 amide bonds. The number of carbonyl (C=O) groups is 1. The molecule has 0 spiro atoms. The third-order valence-electron chi connectivity index (χ3n) is 2.56. The first-order valence-electron chi connectivity index (χ1n) is 6.15. The molecule has 6 nitrogen and oxygen atoms in total. The molecular formula is C13H15N5OS. The molecule has 2 aromatic heterocycles. The van der Waals surface area contributed by atoms with Gasteiger partial charge in [0.15, 0.2) is 0 Å². The summed E-state index contributed by atoms with van der Waals surface area (Å²) in [5.41, 5.74) is 6.28. The Morgan fingerprint density at radius 1 is 1.55 bits per heavy atom. The molecule has 20 heavy (non-hydrogen) atoms. The lowest BCUT2D eigenvalue weighted by Gasteiger charge is -2.04. The summed E-state index contributed by atoms with van der Waals surface area (Å²) in [5, 5.41) is 12.3. The van der Waals surface area contributed by atoms with Crippen molar-refractivity contribution in [1.82, 2.24) is 20.3 Å². The first-order valence-corrected chi connectivity index (χ1v) is 7.03. The van der Waals surface area contributed by atoms with Gasteiger partial charge in [-0.1, -0.05) is 17.1 Å². The van der Waals surface area contributed by atoms with Crippen LogP contribution in [0.5, 0.6) is 0 Å². The van der Waals surface area contributed by atoms with E-state index in [-0.39, 0.29) is 5.91 Å². The Bertz CT molecular complexity index is 608. The van der Waals surface area contributed by atoms with E-state index in [9.17, 15) is 4.79 Å². The number of nitrogens with two attached hydrogens (primary N) is 1. The van der Waals surface area contributed by atoms with E-state index in [1.165, 1.54) is 0 Å². The molecule has 2 heterocycles. The van der Waals surface area contributed by atoms with Gasteiger partial charge in [-0.25, -0.2) is 0 Å². The van der Waals surface area contributed by atoms with Crippen LogP contribution in [0.2, 0.25) is 0 Å². The van der Waals surface area contributed by atoms with Crippen molar-refractivity contribution < 1.29 is 4.79 Å². The zero-order valence-corrected chi connectivity index (χ0v) is 11.7. The summed E-state index contributed by atoms with van der Waals surface area (Å²) in [6, 6.07) is 1.93. The average Bonchev–Trinajstić information content (AvgIpc) is 3.11. The summed E-state index contributed by atoms with van der Waals surface area (Å²) in [6.07, 6.45) is 3.69. The largest absolute Gasteiger partial charge is 0.351 e. The molecule has 0 aromatic carbocycles. The molecule has 0 saturated heterocycles. The fraction of sp³-hybridized carbons (Fsp3) is 0.308. The molecule has 2 aromatic rings. The number of hydrogen-bond donors (Lipinski definition) is 2. The van der Waals surface area contributed by atoms with Gasteiger partial charge in [0, 0.05) is 23.1 Å². The van der Waals surface area contributed by atoms with Crippen molar-refractivity contribution in [3.05, 3.63) is 34.3 Å². The molecule has 0 aliphatic rings. The van der Waals surface area contributed by atoms with Gasteiger partial charge in [0.25, 0.3) is 0 Å². The number of amides is 1. The number of aryl methyl sites for hydroxylation is 1. The number of aromatic nitrogens is 3. The highest BCUT2D eigenvalue weighted by molar-refractivity contribution is 7.10. The van der Waals surface area contributed by atoms with E-state index >= 15 is 0 Å². The van der Waals surface area contributed by atoms with E-state index in [2.05, 4.69) is 27.5 Å². The highest BCUT2D eigenvalue weighted by Crippen LogP contribution is 2.15. The summed E-state index contributed by atoms with van der Waals surface area (Å²) < 4.78 is 1.63. The van der Waals surface area contributed by atoms with Crippen LogP contribution in [0.25, 0.3) is 0 Å². The van der Waals surface area contributed by atoms with E-state index < -0.39 is 0 Å². The SMILES string of the molecule is NCC#Cc1ccsc1CNC(=O)CCn1ccnn1. The lowest BCUT2D eigenvalue weighted by atomic mass is 10.2. The van der Waals surface area contributed by atoms with Gasteiger partial charge in [-0.15, -0.1) is 16.4 Å². The van der Waals surface area contributed by atoms with E-state index in [1.807, 2.05) is 11.4 Å². The first-order chi connectivity index (χ1) is 9.79. The molecule has 0 bridgehead atoms. The summed E-state index contributed by atoms with van der Waals surface area (Å²) >= 11 is 1.57. The van der Waals surface area contributed by atoms with Crippen molar-refractivity contribution >= 4 is 17.2 Å². The van der Waals surface area contributed by atoms with Gasteiger partial charge in [-0.3, -0.25) is 9.48 Å². The second kappa shape index (κ2) is 7.43. The zero-order valence-electron chi connectivity index (χ0n) is 10.9. The molecule has 7 heteroatoms. The maximum absolute atomic E-state index is 11.7. The van der Waals surface area contributed by atoms with Gasteiger partial charge < -0.3 is 11.1 Å². The standard InChI is InChI=1S/C13H15N5OS/c14-5-1-2-11-4-9-20-12(11)10-15-13(19)3-7-18-8-6-16-17-18/h4,6,8-9H,3,5,7,10,14H2,(H,15,19). The fourth-order valence-corrected chi connectivity index (χ4v) is 2.34. The summed E-state index contributed by atoms with van der Waals surface area (Å²) in [6.45, 7) is 1.35. The van der Waals surface area contributed by atoms with Gasteiger partial charge >= 0.3 is 0 Å². The molecule has 0 radical (unpaired) electrons. The Morgan fingerprint density at radius 2 is 2.45 bits per heavy atom. The Labute approximate surface area is 121 Å². The number of hydrogen-bond acceptors (Lipinski definition) is 5. The number of carbonyl (C=O) groups excluding carboxylic acids is 1. The molecular weight excluding hydrogens is 274 g/mol. The number of thiophene rings is 1. The van der Waals surface area contributed by atoms with Crippen LogP contribution < -0.4 is 11.1 Å². The highest BCUT2D eigenvalue weighted by Gasteiger charge is 2.05. The molecule has 0 aliphatic heterocycles. The smallest absolute Gasteiger partial charge is 0.222 e. The van der Waals surface area contributed by atoms with Crippen LogP contribution in [0.1, 0.15) is 16.9 Å². The van der Waals surface area contributed by atoms with Gasteiger partial charge in [0.2, 0.25) is 5.91 Å². The number of rotatable bonds is 5. The molecule has 0 atom stereocenters. The molecule has 2 rings (SSSR count). The van der Waals surface area contributed by atoms with Crippen LogP contribution in [0.15, 0.2) is 23.8 Å². The van der Waals surface area contributed by atoms with E-state index in [4.69, 9.17) is 5.73 Å². The Balaban J connectivity index is 1.80. The first kappa shape index (κ1) is 14.2. The Morgan fingerprint density at radius 3 is 3.20 bits per heavy atom. The van der Waals surface area contributed by atoms with Crippen LogP contribution in [0.3, 0.4) is 0 Å². The van der Waals surface area contributed by atoms with Gasteiger partial charge in [0.1, 0.15) is 0 Å². The molecule has 0 fully saturated rings. The van der Waals surface area contributed by atoms with Crippen molar-refractivity contribution in [1.29, 1.82) is 0 Å². The topological polar surface area (TPSA) is 85.8 Å². The van der Waals surface area contributed by atoms with Crippen molar-refractivity contribution in [3.8, 4) is 11.8 Å². The predicted molar refractivity (Wildman–Crippen MR) is 76.7 cm³/mol. The van der Waals surface area contributed by atoms with Crippen molar-refractivity contribution in [2.75, 3.05) is 6.54 Å². The predicted octanol–water partition coefficient (Wildman–Crippen LogP) is 0.356. The third-order valence-corrected chi connectivity index (χ3v) is 3.48. The normalized spacial score (nSPS) is 9.85. The Hall–Kier alpha value is -2.17. The van der Waals surface area contributed by atoms with Gasteiger partial charge in [-0.05, 0) is 11.4 Å². The van der Waals surface area contributed by atoms with Crippen LogP contribution in [0.4, 0.5) is 0 Å². The summed E-state index contributed by atoms with van der Waals surface area (Å²) in [4.78, 5) is 12.8. The highest BCUT2D eigenvalue weighted by atomic mass is 32.1. The maximum Gasteiger partial charge on any atom is 0.222 e. The van der Waals surface area contributed by atoms with Crippen LogP contribution in [-0.4, -0.2) is 27.4 Å². The third kappa shape index (κ3) is 4.19. The lowest BCUT2D eigenvalue weighted by molar-refractivity contribution is -0.121. The minimum atomic E-state index is -0.0216. The van der Waals surface area contributed by atoms with Crippen LogP contribution in [-0.2, 0) is 17.9 Å². The lowest BCUT2D eigenvalue weighted by Crippen LogP contribution is -2.24. The molecule has 104 valence electrons. The molecule has 0 unspecified atom stereocenters.